The predicted molar refractivity (Wildman–Crippen MR) is 64.5 cm³/mol. The molecule has 3 nitrogen and oxygen atoms in total. The van der Waals surface area contributed by atoms with E-state index in [4.69, 9.17) is 11.6 Å². The van der Waals surface area contributed by atoms with E-state index in [-0.39, 0.29) is 11.4 Å². The van der Waals surface area contributed by atoms with Crippen LogP contribution in [0.2, 0.25) is 0 Å². The Morgan fingerprint density at radius 1 is 1.47 bits per heavy atom. The fraction of sp³-hybridized carbons (Fsp3) is 0.636. The summed E-state index contributed by atoms with van der Waals surface area (Å²) in [5, 5.41) is 3.31. The van der Waals surface area contributed by atoms with E-state index in [0.29, 0.717) is 5.95 Å². The summed E-state index contributed by atoms with van der Waals surface area (Å²) in [6.45, 7) is 8.08. The normalized spacial score (nSPS) is 14.7. The predicted octanol–water partition coefficient (Wildman–Crippen LogP) is 2.91. The number of nitrogens with zero attached hydrogens (tertiary/aromatic N) is 2. The lowest BCUT2D eigenvalue weighted by molar-refractivity contribution is 0.692. The van der Waals surface area contributed by atoms with Gasteiger partial charge in [-0.2, -0.15) is 0 Å². The standard InChI is InChI=1S/C11H18ClN3/c1-5-10(12)9(4)15-11-13-6-7(2)8(3)14-11/h6,9-10H,5H2,1-4H3,(H,13,14,15). The number of hydrogen-bond acceptors (Lipinski definition) is 3. The molecule has 0 aliphatic heterocycles. The van der Waals surface area contributed by atoms with Crippen LogP contribution >= 0.6 is 11.6 Å². The molecular formula is C11H18ClN3. The summed E-state index contributed by atoms with van der Waals surface area (Å²) in [6, 6.07) is 0.179. The molecule has 0 saturated heterocycles. The van der Waals surface area contributed by atoms with Gasteiger partial charge in [0.25, 0.3) is 0 Å². The van der Waals surface area contributed by atoms with Crippen LogP contribution in [0.3, 0.4) is 0 Å². The van der Waals surface area contributed by atoms with Crippen molar-refractivity contribution in [3.05, 3.63) is 17.5 Å². The zero-order chi connectivity index (χ0) is 11.4. The Balaban J connectivity index is 2.68. The van der Waals surface area contributed by atoms with Crippen molar-refractivity contribution < 1.29 is 0 Å². The number of anilines is 1. The second kappa shape index (κ2) is 5.31. The Kier molecular flexibility index (Phi) is 4.33. The third kappa shape index (κ3) is 3.34. The molecule has 0 aliphatic carbocycles. The topological polar surface area (TPSA) is 37.8 Å². The van der Waals surface area contributed by atoms with Crippen molar-refractivity contribution in [2.24, 2.45) is 0 Å². The first-order valence-corrected chi connectivity index (χ1v) is 5.69. The molecule has 0 aromatic carbocycles. The van der Waals surface area contributed by atoms with Crippen LogP contribution in [0, 0.1) is 13.8 Å². The van der Waals surface area contributed by atoms with Gasteiger partial charge < -0.3 is 5.32 Å². The van der Waals surface area contributed by atoms with Gasteiger partial charge in [-0.3, -0.25) is 0 Å². The zero-order valence-electron chi connectivity index (χ0n) is 9.71. The van der Waals surface area contributed by atoms with E-state index < -0.39 is 0 Å². The summed E-state index contributed by atoms with van der Waals surface area (Å²) in [4.78, 5) is 8.56. The van der Waals surface area contributed by atoms with Crippen molar-refractivity contribution in [2.75, 3.05) is 5.32 Å². The molecule has 1 aromatic heterocycles. The lowest BCUT2D eigenvalue weighted by Crippen LogP contribution is -2.27. The molecule has 0 amide bonds. The molecule has 1 aromatic rings. The molecule has 4 heteroatoms. The maximum Gasteiger partial charge on any atom is 0.223 e. The minimum Gasteiger partial charge on any atom is -0.350 e. The second-order valence-corrected chi connectivity index (χ2v) is 4.38. The van der Waals surface area contributed by atoms with Gasteiger partial charge in [-0.25, -0.2) is 9.97 Å². The van der Waals surface area contributed by atoms with Crippen LogP contribution in [0.5, 0.6) is 0 Å². The first-order chi connectivity index (χ1) is 7.04. The number of hydrogen-bond donors (Lipinski definition) is 1. The molecule has 2 atom stereocenters. The van der Waals surface area contributed by atoms with E-state index in [0.717, 1.165) is 17.7 Å². The molecule has 84 valence electrons. The fourth-order valence-electron chi connectivity index (χ4n) is 1.24. The summed E-state index contributed by atoms with van der Waals surface area (Å²) >= 11 is 6.12. The van der Waals surface area contributed by atoms with Gasteiger partial charge in [0.05, 0.1) is 5.38 Å². The summed E-state index contributed by atoms with van der Waals surface area (Å²) in [7, 11) is 0. The van der Waals surface area contributed by atoms with Crippen molar-refractivity contribution in [3.8, 4) is 0 Å². The maximum absolute atomic E-state index is 6.12. The van der Waals surface area contributed by atoms with Crippen LogP contribution in [0.15, 0.2) is 6.20 Å². The monoisotopic (exact) mass is 227 g/mol. The Bertz CT molecular complexity index is 328. The summed E-state index contributed by atoms with van der Waals surface area (Å²) in [5.41, 5.74) is 2.11. The van der Waals surface area contributed by atoms with Gasteiger partial charge in [0.2, 0.25) is 5.95 Å². The molecule has 0 fully saturated rings. The Hall–Kier alpha value is -0.830. The first kappa shape index (κ1) is 12.2. The van der Waals surface area contributed by atoms with E-state index in [1.165, 1.54) is 0 Å². The maximum atomic E-state index is 6.12. The smallest absolute Gasteiger partial charge is 0.223 e. The van der Waals surface area contributed by atoms with Gasteiger partial charge in [0, 0.05) is 17.9 Å². The van der Waals surface area contributed by atoms with Crippen LogP contribution in [-0.4, -0.2) is 21.4 Å². The van der Waals surface area contributed by atoms with Gasteiger partial charge >= 0.3 is 0 Å². The van der Waals surface area contributed by atoms with Crippen molar-refractivity contribution in [1.29, 1.82) is 0 Å². The van der Waals surface area contributed by atoms with Crippen molar-refractivity contribution in [2.45, 2.75) is 45.5 Å². The number of alkyl halides is 1. The molecule has 1 rings (SSSR count). The minimum atomic E-state index is 0.107. The van der Waals surface area contributed by atoms with Crippen LogP contribution in [-0.2, 0) is 0 Å². The molecule has 0 spiro atoms. The van der Waals surface area contributed by atoms with Crippen LogP contribution in [0.25, 0.3) is 0 Å². The molecule has 1 N–H and O–H groups in total. The average molecular weight is 228 g/mol. The SMILES string of the molecule is CCC(Cl)C(C)Nc1ncc(C)c(C)n1. The van der Waals surface area contributed by atoms with Crippen LogP contribution < -0.4 is 5.32 Å². The molecule has 2 unspecified atom stereocenters. The van der Waals surface area contributed by atoms with Gasteiger partial charge in [-0.1, -0.05) is 6.92 Å². The van der Waals surface area contributed by atoms with E-state index in [1.807, 2.05) is 27.0 Å². The highest BCUT2D eigenvalue weighted by molar-refractivity contribution is 6.21. The molecule has 0 bridgehead atoms. The molecule has 15 heavy (non-hydrogen) atoms. The molecule has 0 saturated carbocycles. The summed E-state index contributed by atoms with van der Waals surface area (Å²) in [6.07, 6.45) is 2.76. The number of nitrogens with one attached hydrogen (secondary N) is 1. The molecule has 0 aliphatic rings. The van der Waals surface area contributed by atoms with Gasteiger partial charge in [-0.05, 0) is 32.8 Å². The number of halogens is 1. The summed E-state index contributed by atoms with van der Waals surface area (Å²) < 4.78 is 0. The second-order valence-electron chi connectivity index (χ2n) is 3.82. The van der Waals surface area contributed by atoms with Gasteiger partial charge in [-0.15, -0.1) is 11.6 Å². The van der Waals surface area contributed by atoms with Crippen LogP contribution in [0.4, 0.5) is 5.95 Å². The molecule has 1 heterocycles. The Morgan fingerprint density at radius 2 is 2.13 bits per heavy atom. The Morgan fingerprint density at radius 3 is 2.67 bits per heavy atom. The average Bonchev–Trinajstić information content (AvgIpc) is 2.22. The minimum absolute atomic E-state index is 0.107. The number of aryl methyl sites for hydroxylation is 2. The van der Waals surface area contributed by atoms with Gasteiger partial charge in [0.1, 0.15) is 0 Å². The Labute approximate surface area is 96.3 Å². The lowest BCUT2D eigenvalue weighted by Gasteiger charge is -2.18. The number of aromatic nitrogens is 2. The van der Waals surface area contributed by atoms with Gasteiger partial charge in [0.15, 0.2) is 0 Å². The van der Waals surface area contributed by atoms with E-state index in [9.17, 15) is 0 Å². The highest BCUT2D eigenvalue weighted by atomic mass is 35.5. The summed E-state index contributed by atoms with van der Waals surface area (Å²) in [5.74, 6) is 0.657. The number of rotatable bonds is 4. The van der Waals surface area contributed by atoms with Crippen molar-refractivity contribution >= 4 is 17.5 Å². The van der Waals surface area contributed by atoms with Crippen molar-refractivity contribution in [1.82, 2.24) is 9.97 Å². The highest BCUT2D eigenvalue weighted by Gasteiger charge is 2.13. The van der Waals surface area contributed by atoms with E-state index in [1.54, 1.807) is 0 Å². The van der Waals surface area contributed by atoms with E-state index in [2.05, 4.69) is 22.2 Å². The largest absolute Gasteiger partial charge is 0.350 e. The van der Waals surface area contributed by atoms with Crippen molar-refractivity contribution in [3.63, 3.8) is 0 Å². The third-order valence-corrected chi connectivity index (χ3v) is 3.20. The van der Waals surface area contributed by atoms with Crippen LogP contribution in [0.1, 0.15) is 31.5 Å². The lowest BCUT2D eigenvalue weighted by atomic mass is 10.2. The van der Waals surface area contributed by atoms with E-state index >= 15 is 0 Å². The third-order valence-electron chi connectivity index (χ3n) is 2.51. The highest BCUT2D eigenvalue weighted by Crippen LogP contribution is 2.12. The molecule has 0 radical (unpaired) electrons. The zero-order valence-corrected chi connectivity index (χ0v) is 10.5. The molecular weight excluding hydrogens is 210 g/mol. The fourth-order valence-corrected chi connectivity index (χ4v) is 1.31. The first-order valence-electron chi connectivity index (χ1n) is 5.25. The quantitative estimate of drug-likeness (QED) is 0.804.